The monoisotopic (exact) mass is 560 g/mol. The molecule has 10 heteroatoms. The Balaban J connectivity index is 1.05. The Morgan fingerprint density at radius 1 is 0.927 bits per heavy atom. The quantitative estimate of drug-likeness (QED) is 0.480. The predicted octanol–water partition coefficient (Wildman–Crippen LogP) is 2.26. The van der Waals surface area contributed by atoms with Crippen LogP contribution in [0.4, 0.5) is 4.39 Å². The van der Waals surface area contributed by atoms with Crippen LogP contribution in [0.1, 0.15) is 40.9 Å². The number of rotatable bonds is 6. The van der Waals surface area contributed by atoms with Gasteiger partial charge in [-0.15, -0.1) is 0 Å². The number of H-pyrrole nitrogens is 1. The molecule has 0 saturated carbocycles. The van der Waals surface area contributed by atoms with Crippen molar-refractivity contribution in [3.05, 3.63) is 75.5 Å². The van der Waals surface area contributed by atoms with Crippen LogP contribution in [0, 0.1) is 17.7 Å². The lowest BCUT2D eigenvalue weighted by atomic mass is 9.94. The smallest absolute Gasteiger partial charge is 0.272 e. The van der Waals surface area contributed by atoms with E-state index in [1.54, 1.807) is 29.2 Å². The zero-order valence-corrected chi connectivity index (χ0v) is 23.3. The summed E-state index contributed by atoms with van der Waals surface area (Å²) < 4.78 is 14.8. The lowest BCUT2D eigenvalue weighted by Gasteiger charge is -2.39. The molecule has 1 atom stereocenters. The van der Waals surface area contributed by atoms with E-state index in [9.17, 15) is 18.8 Å². The minimum absolute atomic E-state index is 0.0147. The number of hydrogen-bond acceptors (Lipinski definition) is 6. The van der Waals surface area contributed by atoms with E-state index in [1.807, 2.05) is 17.0 Å². The van der Waals surface area contributed by atoms with Gasteiger partial charge in [0.2, 0.25) is 5.91 Å². The van der Waals surface area contributed by atoms with Crippen LogP contribution in [0.2, 0.25) is 0 Å². The molecule has 9 nitrogen and oxygen atoms in total. The van der Waals surface area contributed by atoms with Gasteiger partial charge in [0.1, 0.15) is 5.82 Å². The summed E-state index contributed by atoms with van der Waals surface area (Å²) in [5, 5.41) is 11.4. The van der Waals surface area contributed by atoms with Crippen LogP contribution < -0.4 is 10.9 Å². The summed E-state index contributed by atoms with van der Waals surface area (Å²) in [7, 11) is 0. The van der Waals surface area contributed by atoms with E-state index in [1.165, 1.54) is 12.5 Å². The molecule has 3 fully saturated rings. The Hall–Kier alpha value is -3.63. The van der Waals surface area contributed by atoms with Crippen LogP contribution in [0.15, 0.2) is 47.3 Å². The zero-order chi connectivity index (χ0) is 28.3. The van der Waals surface area contributed by atoms with Crippen molar-refractivity contribution in [2.45, 2.75) is 25.7 Å². The number of carbonyl (C=O) groups is 2. The molecule has 41 heavy (non-hydrogen) atoms. The van der Waals surface area contributed by atoms with E-state index in [-0.39, 0.29) is 28.9 Å². The van der Waals surface area contributed by atoms with E-state index >= 15 is 0 Å². The first-order valence-electron chi connectivity index (χ1n) is 14.7. The third-order valence-corrected chi connectivity index (χ3v) is 8.90. The molecule has 3 aliphatic rings. The number of carbonyl (C=O) groups excluding carboxylic acids is 2. The van der Waals surface area contributed by atoms with Crippen molar-refractivity contribution in [3.63, 3.8) is 0 Å². The van der Waals surface area contributed by atoms with Crippen LogP contribution in [-0.2, 0) is 11.2 Å². The van der Waals surface area contributed by atoms with Gasteiger partial charge in [-0.1, -0.05) is 24.3 Å². The van der Waals surface area contributed by atoms with Crippen LogP contribution in [0.5, 0.6) is 0 Å². The number of amides is 2. The van der Waals surface area contributed by atoms with Gasteiger partial charge in [-0.25, -0.2) is 9.49 Å². The second-order valence-electron chi connectivity index (χ2n) is 11.6. The summed E-state index contributed by atoms with van der Waals surface area (Å²) in [6.07, 6.45) is 3.35. The van der Waals surface area contributed by atoms with Crippen molar-refractivity contribution in [2.75, 3.05) is 58.9 Å². The molecule has 2 aromatic carbocycles. The normalized spacial score (nSPS) is 20.6. The van der Waals surface area contributed by atoms with Gasteiger partial charge in [0.15, 0.2) is 0 Å². The van der Waals surface area contributed by atoms with Crippen LogP contribution in [0.3, 0.4) is 0 Å². The number of benzene rings is 2. The number of hydrogen-bond donors (Lipinski definition) is 2. The van der Waals surface area contributed by atoms with Gasteiger partial charge < -0.3 is 20.0 Å². The number of piperazine rings is 1. The first-order chi connectivity index (χ1) is 20.0. The minimum Gasteiger partial charge on any atom is -0.339 e. The van der Waals surface area contributed by atoms with Gasteiger partial charge in [0.05, 0.1) is 16.6 Å². The summed E-state index contributed by atoms with van der Waals surface area (Å²) in [6, 6.07) is 11.7. The number of nitrogens with one attached hydrogen (secondary N) is 2. The van der Waals surface area contributed by atoms with Gasteiger partial charge in [-0.2, -0.15) is 5.10 Å². The SMILES string of the molecule is O=C(c1cc(Cc2n[nH]c(=O)c3ccccc23)ccc1F)N1CCN(C(=O)C2CCN(C[C@H]3CCNC3)CC2)CC1. The molecule has 1 aromatic heterocycles. The molecule has 0 spiro atoms. The molecule has 0 radical (unpaired) electrons. The highest BCUT2D eigenvalue weighted by atomic mass is 19.1. The van der Waals surface area contributed by atoms with E-state index in [2.05, 4.69) is 20.4 Å². The van der Waals surface area contributed by atoms with Crippen molar-refractivity contribution in [2.24, 2.45) is 11.8 Å². The van der Waals surface area contributed by atoms with Crippen molar-refractivity contribution in [3.8, 4) is 0 Å². The minimum atomic E-state index is -0.573. The molecule has 216 valence electrons. The number of aromatic nitrogens is 2. The number of nitrogens with zero attached hydrogens (tertiary/aromatic N) is 4. The molecule has 3 aromatic rings. The maximum absolute atomic E-state index is 14.8. The van der Waals surface area contributed by atoms with Gasteiger partial charge in [0, 0.05) is 50.4 Å². The van der Waals surface area contributed by atoms with Crippen molar-refractivity contribution < 1.29 is 14.0 Å². The number of aromatic amines is 1. The Bertz CT molecular complexity index is 1470. The number of likely N-dealkylation sites (tertiary alicyclic amines) is 1. The maximum atomic E-state index is 14.8. The topological polar surface area (TPSA) is 102 Å². The summed E-state index contributed by atoms with van der Waals surface area (Å²) >= 11 is 0. The second kappa shape index (κ2) is 12.1. The number of fused-ring (bicyclic) bond motifs is 1. The second-order valence-corrected chi connectivity index (χ2v) is 11.6. The maximum Gasteiger partial charge on any atom is 0.272 e. The molecular formula is C31H37FN6O3. The van der Waals surface area contributed by atoms with E-state index in [0.717, 1.165) is 62.4 Å². The third kappa shape index (κ3) is 6.04. The lowest BCUT2D eigenvalue weighted by Crippen LogP contribution is -2.53. The highest BCUT2D eigenvalue weighted by molar-refractivity contribution is 5.95. The number of halogens is 1. The molecule has 3 saturated heterocycles. The highest BCUT2D eigenvalue weighted by Crippen LogP contribution is 2.24. The van der Waals surface area contributed by atoms with Crippen LogP contribution >= 0.6 is 0 Å². The summed E-state index contributed by atoms with van der Waals surface area (Å²) in [5.74, 6) is 0.0102. The van der Waals surface area contributed by atoms with Gasteiger partial charge in [-0.05, 0) is 75.1 Å². The predicted molar refractivity (Wildman–Crippen MR) is 154 cm³/mol. The van der Waals surface area contributed by atoms with E-state index in [4.69, 9.17) is 0 Å². The molecule has 4 heterocycles. The Morgan fingerprint density at radius 2 is 1.66 bits per heavy atom. The summed E-state index contributed by atoms with van der Waals surface area (Å²) in [6.45, 7) is 6.94. The zero-order valence-electron chi connectivity index (χ0n) is 23.3. The van der Waals surface area contributed by atoms with Crippen molar-refractivity contribution >= 4 is 22.6 Å². The van der Waals surface area contributed by atoms with Crippen molar-refractivity contribution in [1.82, 2.24) is 30.2 Å². The first-order valence-corrected chi connectivity index (χ1v) is 14.7. The molecule has 2 N–H and O–H groups in total. The molecular weight excluding hydrogens is 523 g/mol. The van der Waals surface area contributed by atoms with E-state index < -0.39 is 5.82 Å². The largest absolute Gasteiger partial charge is 0.339 e. The fraction of sp³-hybridized carbons (Fsp3) is 0.484. The average molecular weight is 561 g/mol. The van der Waals surface area contributed by atoms with Gasteiger partial charge in [-0.3, -0.25) is 14.4 Å². The fourth-order valence-electron chi connectivity index (χ4n) is 6.50. The highest BCUT2D eigenvalue weighted by Gasteiger charge is 2.32. The van der Waals surface area contributed by atoms with Crippen molar-refractivity contribution in [1.29, 1.82) is 0 Å². The summed E-state index contributed by atoms with van der Waals surface area (Å²) in [5.41, 5.74) is 1.13. The molecule has 2 amide bonds. The fourth-order valence-corrected chi connectivity index (χ4v) is 6.50. The van der Waals surface area contributed by atoms with E-state index in [0.29, 0.717) is 43.7 Å². The van der Waals surface area contributed by atoms with Gasteiger partial charge >= 0.3 is 0 Å². The number of piperidine rings is 1. The summed E-state index contributed by atoms with van der Waals surface area (Å²) in [4.78, 5) is 44.7. The average Bonchev–Trinajstić information content (AvgIpc) is 3.52. The Labute approximate surface area is 238 Å². The Morgan fingerprint density at radius 3 is 2.39 bits per heavy atom. The molecule has 6 rings (SSSR count). The molecule has 0 aliphatic carbocycles. The molecule has 0 bridgehead atoms. The standard InChI is InChI=1S/C31H37FN6O3/c32-27-6-5-21(18-28-24-3-1-2-4-25(24)29(39)35-34-28)17-26(27)31(41)38-15-13-37(14-16-38)30(40)23-8-11-36(12-9-23)20-22-7-10-33-19-22/h1-6,17,22-23,33H,7-16,18-20H2,(H,35,39)/t22-/m0/s1. The van der Waals surface area contributed by atoms with Crippen LogP contribution in [0.25, 0.3) is 10.8 Å². The first kappa shape index (κ1) is 27.5. The van der Waals surface area contributed by atoms with Gasteiger partial charge in [0.25, 0.3) is 11.5 Å². The van der Waals surface area contributed by atoms with Crippen LogP contribution in [-0.4, -0.2) is 95.6 Å². The molecule has 3 aliphatic heterocycles. The third-order valence-electron chi connectivity index (χ3n) is 8.90. The molecule has 0 unspecified atom stereocenters. The Kier molecular flexibility index (Phi) is 8.11. The lowest BCUT2D eigenvalue weighted by molar-refractivity contribution is -0.138.